The molecule has 0 radical (unpaired) electrons. The Bertz CT molecular complexity index is 544. The molecule has 2 aromatic rings. The second-order valence-corrected chi connectivity index (χ2v) is 4.28. The molecule has 92 valence electrons. The zero-order valence-electron chi connectivity index (χ0n) is 10.9. The molecular formula is C14H17N4+. The molecular weight excluding hydrogens is 224 g/mol. The van der Waals surface area contributed by atoms with Gasteiger partial charge in [-0.05, 0) is 35.4 Å². The van der Waals surface area contributed by atoms with Crippen molar-refractivity contribution in [2.75, 3.05) is 19.0 Å². The van der Waals surface area contributed by atoms with Crippen LogP contribution in [0.1, 0.15) is 0 Å². The standard InChI is InChI=1S/C14H17N4/c1-17(2)13-9-7-12(8-10-13)15-16-14-6-4-5-11-18(14)3/h4-11H,1-3H3/q+1. The Balaban J connectivity index is 2.17. The summed E-state index contributed by atoms with van der Waals surface area (Å²) in [7, 11) is 5.98. The van der Waals surface area contributed by atoms with Crippen LogP contribution in [0.5, 0.6) is 0 Å². The molecule has 0 spiro atoms. The molecule has 0 bridgehead atoms. The van der Waals surface area contributed by atoms with Crippen molar-refractivity contribution in [1.29, 1.82) is 0 Å². The number of hydrogen-bond donors (Lipinski definition) is 0. The van der Waals surface area contributed by atoms with Crippen molar-refractivity contribution in [3.05, 3.63) is 48.7 Å². The first kappa shape index (κ1) is 12.2. The lowest BCUT2D eigenvalue weighted by atomic mass is 10.3. The number of azo groups is 1. The van der Waals surface area contributed by atoms with Crippen LogP contribution in [0, 0.1) is 0 Å². The van der Waals surface area contributed by atoms with E-state index in [1.807, 2.05) is 74.4 Å². The van der Waals surface area contributed by atoms with Gasteiger partial charge in [0.05, 0.1) is 18.4 Å². The second-order valence-electron chi connectivity index (χ2n) is 4.28. The first-order chi connectivity index (χ1) is 8.66. The van der Waals surface area contributed by atoms with E-state index in [4.69, 9.17) is 0 Å². The minimum Gasteiger partial charge on any atom is -0.378 e. The van der Waals surface area contributed by atoms with Gasteiger partial charge in [0.25, 0.3) is 0 Å². The molecule has 0 saturated carbocycles. The van der Waals surface area contributed by atoms with Crippen LogP contribution in [-0.2, 0) is 7.05 Å². The van der Waals surface area contributed by atoms with Gasteiger partial charge in [-0.1, -0.05) is 6.07 Å². The highest BCUT2D eigenvalue weighted by molar-refractivity contribution is 5.51. The van der Waals surface area contributed by atoms with Crippen molar-refractivity contribution in [2.24, 2.45) is 17.3 Å². The summed E-state index contributed by atoms with van der Waals surface area (Å²) in [6, 6.07) is 13.8. The van der Waals surface area contributed by atoms with E-state index in [0.29, 0.717) is 0 Å². The molecule has 0 aliphatic carbocycles. The van der Waals surface area contributed by atoms with Crippen molar-refractivity contribution in [3.8, 4) is 0 Å². The van der Waals surface area contributed by atoms with Crippen LogP contribution in [-0.4, -0.2) is 14.1 Å². The Hall–Kier alpha value is -2.23. The van der Waals surface area contributed by atoms with Crippen LogP contribution in [0.2, 0.25) is 0 Å². The van der Waals surface area contributed by atoms with E-state index in [2.05, 4.69) is 15.1 Å². The number of benzene rings is 1. The fourth-order valence-corrected chi connectivity index (χ4v) is 1.54. The molecule has 0 amide bonds. The lowest BCUT2D eigenvalue weighted by molar-refractivity contribution is -0.658. The van der Waals surface area contributed by atoms with Gasteiger partial charge in [-0.2, -0.15) is 0 Å². The number of anilines is 1. The molecule has 2 rings (SSSR count). The van der Waals surface area contributed by atoms with E-state index >= 15 is 0 Å². The maximum Gasteiger partial charge on any atom is 0.350 e. The van der Waals surface area contributed by atoms with Crippen molar-refractivity contribution in [3.63, 3.8) is 0 Å². The third-order valence-corrected chi connectivity index (χ3v) is 2.66. The van der Waals surface area contributed by atoms with Crippen LogP contribution in [0.3, 0.4) is 0 Å². The molecule has 0 atom stereocenters. The van der Waals surface area contributed by atoms with Gasteiger partial charge < -0.3 is 4.90 Å². The SMILES string of the molecule is CN(C)c1ccc(/N=N\c2cccc[n+]2C)cc1. The average Bonchev–Trinajstić information content (AvgIpc) is 2.38. The number of rotatable bonds is 3. The minimum atomic E-state index is 0.828. The molecule has 1 aromatic heterocycles. The monoisotopic (exact) mass is 241 g/mol. The predicted molar refractivity (Wildman–Crippen MR) is 72.6 cm³/mol. The Labute approximate surface area is 107 Å². The van der Waals surface area contributed by atoms with E-state index in [9.17, 15) is 0 Å². The highest BCUT2D eigenvalue weighted by Gasteiger charge is 2.03. The van der Waals surface area contributed by atoms with Gasteiger partial charge in [-0.3, -0.25) is 0 Å². The largest absolute Gasteiger partial charge is 0.378 e. The van der Waals surface area contributed by atoms with Crippen LogP contribution in [0.25, 0.3) is 0 Å². The normalized spacial score (nSPS) is 10.8. The summed E-state index contributed by atoms with van der Waals surface area (Å²) in [5.41, 5.74) is 2.00. The summed E-state index contributed by atoms with van der Waals surface area (Å²) in [5.74, 6) is 0.828. The number of nitrogens with zero attached hydrogens (tertiary/aromatic N) is 4. The predicted octanol–water partition coefficient (Wildman–Crippen LogP) is 2.99. The van der Waals surface area contributed by atoms with Gasteiger partial charge in [0.2, 0.25) is 0 Å². The molecule has 18 heavy (non-hydrogen) atoms. The zero-order chi connectivity index (χ0) is 13.0. The Morgan fingerprint density at radius 2 is 1.67 bits per heavy atom. The van der Waals surface area contributed by atoms with E-state index in [1.165, 1.54) is 0 Å². The maximum absolute atomic E-state index is 4.22. The smallest absolute Gasteiger partial charge is 0.350 e. The maximum atomic E-state index is 4.22. The second kappa shape index (κ2) is 5.40. The summed E-state index contributed by atoms with van der Waals surface area (Å²) >= 11 is 0. The molecule has 1 heterocycles. The van der Waals surface area contributed by atoms with Gasteiger partial charge >= 0.3 is 5.82 Å². The van der Waals surface area contributed by atoms with Gasteiger partial charge in [-0.25, -0.2) is 4.57 Å². The molecule has 0 saturated heterocycles. The van der Waals surface area contributed by atoms with Crippen LogP contribution >= 0.6 is 0 Å². The summed E-state index contributed by atoms with van der Waals surface area (Å²) in [4.78, 5) is 2.05. The molecule has 4 nitrogen and oxygen atoms in total. The molecule has 1 aromatic carbocycles. The fourth-order valence-electron chi connectivity index (χ4n) is 1.54. The average molecular weight is 241 g/mol. The molecule has 0 aliphatic rings. The highest BCUT2D eigenvalue weighted by atomic mass is 15.2. The molecule has 4 heteroatoms. The number of hydrogen-bond acceptors (Lipinski definition) is 3. The van der Waals surface area contributed by atoms with Crippen molar-refractivity contribution in [1.82, 2.24) is 0 Å². The Morgan fingerprint density at radius 1 is 0.944 bits per heavy atom. The van der Waals surface area contributed by atoms with E-state index < -0.39 is 0 Å². The minimum absolute atomic E-state index is 0.828. The molecule has 0 fully saturated rings. The lowest BCUT2D eigenvalue weighted by Gasteiger charge is -2.11. The van der Waals surface area contributed by atoms with Gasteiger partial charge in [-0.15, -0.1) is 0 Å². The first-order valence-electron chi connectivity index (χ1n) is 5.80. The van der Waals surface area contributed by atoms with Crippen molar-refractivity contribution in [2.45, 2.75) is 0 Å². The third kappa shape index (κ3) is 2.91. The van der Waals surface area contributed by atoms with Crippen molar-refractivity contribution >= 4 is 17.2 Å². The molecule has 0 aliphatic heterocycles. The van der Waals surface area contributed by atoms with E-state index in [-0.39, 0.29) is 0 Å². The lowest BCUT2D eigenvalue weighted by Crippen LogP contribution is -2.26. The van der Waals surface area contributed by atoms with Gasteiger partial charge in [0, 0.05) is 25.8 Å². The summed E-state index contributed by atoms with van der Waals surface area (Å²) in [6.45, 7) is 0. The van der Waals surface area contributed by atoms with E-state index in [1.54, 1.807) is 0 Å². The quantitative estimate of drug-likeness (QED) is 0.600. The van der Waals surface area contributed by atoms with Crippen LogP contribution in [0.15, 0.2) is 58.9 Å². The summed E-state index contributed by atoms with van der Waals surface area (Å²) in [5, 5.41) is 8.45. The molecule has 0 N–H and O–H groups in total. The topological polar surface area (TPSA) is 31.8 Å². The van der Waals surface area contributed by atoms with Gasteiger partial charge in [0.1, 0.15) is 5.69 Å². The highest BCUT2D eigenvalue weighted by Crippen LogP contribution is 2.19. The fraction of sp³-hybridized carbons (Fsp3) is 0.214. The number of aryl methyl sites for hydroxylation is 1. The zero-order valence-corrected chi connectivity index (χ0v) is 10.9. The Morgan fingerprint density at radius 3 is 2.28 bits per heavy atom. The van der Waals surface area contributed by atoms with Crippen molar-refractivity contribution < 1.29 is 4.57 Å². The summed E-state index contributed by atoms with van der Waals surface area (Å²) in [6.07, 6.45) is 1.95. The van der Waals surface area contributed by atoms with Crippen LogP contribution < -0.4 is 9.47 Å². The first-order valence-corrected chi connectivity index (χ1v) is 5.80. The van der Waals surface area contributed by atoms with Gasteiger partial charge in [0.15, 0.2) is 0 Å². The Kier molecular flexibility index (Phi) is 3.67. The molecule has 0 unspecified atom stereocenters. The number of aromatic nitrogens is 1. The third-order valence-electron chi connectivity index (χ3n) is 2.66. The number of pyridine rings is 1. The van der Waals surface area contributed by atoms with E-state index in [0.717, 1.165) is 17.2 Å². The van der Waals surface area contributed by atoms with Crippen LogP contribution in [0.4, 0.5) is 17.2 Å². The summed E-state index contributed by atoms with van der Waals surface area (Å²) < 4.78 is 1.93.